The van der Waals surface area contributed by atoms with E-state index in [1.165, 1.54) is 4.88 Å². The fraction of sp³-hybridized carbons (Fsp3) is 0.600. The van der Waals surface area contributed by atoms with Gasteiger partial charge in [-0.05, 0) is 0 Å². The van der Waals surface area contributed by atoms with E-state index < -0.39 is 5.97 Å². The Hall–Kier alpha value is -0.980. The summed E-state index contributed by atoms with van der Waals surface area (Å²) >= 11 is 1.67. The van der Waals surface area contributed by atoms with Gasteiger partial charge in [0.15, 0.2) is 0 Å². The van der Waals surface area contributed by atoms with Crippen LogP contribution in [0.1, 0.15) is 4.88 Å². The summed E-state index contributed by atoms with van der Waals surface area (Å²) in [7, 11) is 0. The first-order valence-corrected chi connectivity index (χ1v) is 6.16. The Morgan fingerprint density at radius 1 is 1.38 bits per heavy atom. The Bertz CT molecular complexity index is 334. The van der Waals surface area contributed by atoms with Crippen LogP contribution in [0.3, 0.4) is 0 Å². The van der Waals surface area contributed by atoms with Gasteiger partial charge in [0.05, 0.1) is 12.1 Å². The van der Waals surface area contributed by atoms with Gasteiger partial charge in [0.2, 0.25) is 0 Å². The molecule has 1 saturated heterocycles. The fourth-order valence-electron chi connectivity index (χ4n) is 1.84. The van der Waals surface area contributed by atoms with Crippen LogP contribution >= 0.6 is 11.3 Å². The van der Waals surface area contributed by atoms with Gasteiger partial charge >= 0.3 is 5.97 Å². The molecule has 0 spiro atoms. The van der Waals surface area contributed by atoms with Gasteiger partial charge in [-0.25, -0.2) is 0 Å². The van der Waals surface area contributed by atoms with E-state index in [1.54, 1.807) is 11.3 Å². The summed E-state index contributed by atoms with van der Waals surface area (Å²) in [6.45, 7) is 4.65. The zero-order chi connectivity index (χ0) is 11.4. The predicted molar refractivity (Wildman–Crippen MR) is 61.5 cm³/mol. The summed E-state index contributed by atoms with van der Waals surface area (Å²) in [5.41, 5.74) is 1.84. The van der Waals surface area contributed by atoms with Crippen molar-refractivity contribution in [3.63, 3.8) is 0 Å². The van der Waals surface area contributed by atoms with Crippen molar-refractivity contribution in [3.8, 4) is 0 Å². The number of rotatable bonds is 4. The zero-order valence-corrected chi connectivity index (χ0v) is 9.82. The average Bonchev–Trinajstić information content (AvgIpc) is 2.73. The zero-order valence-electron chi connectivity index (χ0n) is 9.00. The Morgan fingerprint density at radius 3 is 2.62 bits per heavy atom. The normalized spacial score (nSPS) is 18.8. The van der Waals surface area contributed by atoms with Crippen molar-refractivity contribution in [1.29, 1.82) is 0 Å². The number of piperazine rings is 1. The molecule has 0 saturated carbocycles. The van der Waals surface area contributed by atoms with Gasteiger partial charge in [0.25, 0.3) is 0 Å². The van der Waals surface area contributed by atoms with Gasteiger partial charge < -0.3 is 5.11 Å². The molecule has 0 aliphatic carbocycles. The third-order valence-electron chi connectivity index (χ3n) is 2.69. The van der Waals surface area contributed by atoms with Crippen molar-refractivity contribution in [2.24, 2.45) is 0 Å². The second kappa shape index (κ2) is 5.38. The largest absolute Gasteiger partial charge is 0.480 e. The SMILES string of the molecule is O=C(O)CN1CCN(Cc2cncs2)CC1. The number of carboxylic acids is 1. The van der Waals surface area contributed by atoms with E-state index in [9.17, 15) is 4.79 Å². The lowest BCUT2D eigenvalue weighted by Crippen LogP contribution is -2.47. The molecule has 1 aromatic rings. The van der Waals surface area contributed by atoms with Crippen molar-refractivity contribution >= 4 is 17.3 Å². The van der Waals surface area contributed by atoms with E-state index in [0.717, 1.165) is 32.7 Å². The Balaban J connectivity index is 1.75. The van der Waals surface area contributed by atoms with E-state index in [2.05, 4.69) is 9.88 Å². The topological polar surface area (TPSA) is 56.7 Å². The van der Waals surface area contributed by atoms with Crippen molar-refractivity contribution in [2.45, 2.75) is 6.54 Å². The highest BCUT2D eigenvalue weighted by molar-refractivity contribution is 7.09. The fourth-order valence-corrected chi connectivity index (χ4v) is 2.47. The predicted octanol–water partition coefficient (Wildman–Crippen LogP) is 0.345. The summed E-state index contributed by atoms with van der Waals surface area (Å²) in [6, 6.07) is 0. The molecule has 1 N–H and O–H groups in total. The maximum Gasteiger partial charge on any atom is 0.317 e. The lowest BCUT2D eigenvalue weighted by atomic mass is 10.3. The average molecular weight is 241 g/mol. The van der Waals surface area contributed by atoms with Gasteiger partial charge in [-0.2, -0.15) is 0 Å². The molecule has 2 heterocycles. The minimum atomic E-state index is -0.740. The summed E-state index contributed by atoms with van der Waals surface area (Å²) in [6.07, 6.45) is 1.90. The number of nitrogens with zero attached hydrogens (tertiary/aromatic N) is 3. The monoisotopic (exact) mass is 241 g/mol. The van der Waals surface area contributed by atoms with Crippen LogP contribution in [0, 0.1) is 0 Å². The summed E-state index contributed by atoms with van der Waals surface area (Å²) in [4.78, 5) is 20.2. The number of hydrogen-bond acceptors (Lipinski definition) is 5. The number of aliphatic carboxylic acids is 1. The molecule has 1 aromatic heterocycles. The molecule has 0 radical (unpaired) electrons. The molecular weight excluding hydrogens is 226 g/mol. The van der Waals surface area contributed by atoms with E-state index in [4.69, 9.17) is 5.11 Å². The number of aromatic nitrogens is 1. The Kier molecular flexibility index (Phi) is 3.87. The number of carbonyl (C=O) groups is 1. The van der Waals surface area contributed by atoms with Crippen LogP contribution in [-0.4, -0.2) is 58.6 Å². The van der Waals surface area contributed by atoms with Crippen molar-refractivity contribution in [1.82, 2.24) is 14.8 Å². The second-order valence-electron chi connectivity index (χ2n) is 3.91. The van der Waals surface area contributed by atoms with Crippen LogP contribution in [0.4, 0.5) is 0 Å². The molecule has 0 unspecified atom stereocenters. The minimum absolute atomic E-state index is 0.161. The summed E-state index contributed by atoms with van der Waals surface area (Å²) in [5, 5.41) is 8.68. The quantitative estimate of drug-likeness (QED) is 0.824. The van der Waals surface area contributed by atoms with Crippen LogP contribution in [0.2, 0.25) is 0 Å². The first-order chi connectivity index (χ1) is 7.74. The molecular formula is C10H15N3O2S. The smallest absolute Gasteiger partial charge is 0.317 e. The van der Waals surface area contributed by atoms with Gasteiger partial charge in [-0.3, -0.25) is 19.6 Å². The molecule has 6 heteroatoms. The molecule has 1 fully saturated rings. The standard InChI is InChI=1S/C10H15N3O2S/c14-10(15)7-13-3-1-12(2-4-13)6-9-5-11-8-16-9/h5,8H,1-4,6-7H2,(H,14,15). The Morgan fingerprint density at radius 2 is 2.06 bits per heavy atom. The van der Waals surface area contributed by atoms with Crippen molar-refractivity contribution in [3.05, 3.63) is 16.6 Å². The van der Waals surface area contributed by atoms with E-state index in [-0.39, 0.29) is 6.54 Å². The van der Waals surface area contributed by atoms with Gasteiger partial charge in [0, 0.05) is 43.8 Å². The number of carboxylic acid groups (broad SMARTS) is 1. The highest BCUT2D eigenvalue weighted by Gasteiger charge is 2.18. The Labute approximate surface area is 98.3 Å². The molecule has 0 bridgehead atoms. The van der Waals surface area contributed by atoms with Gasteiger partial charge in [0.1, 0.15) is 0 Å². The maximum atomic E-state index is 10.5. The van der Waals surface area contributed by atoms with Gasteiger partial charge in [-0.1, -0.05) is 0 Å². The van der Waals surface area contributed by atoms with Crippen LogP contribution < -0.4 is 0 Å². The number of hydrogen-bond donors (Lipinski definition) is 1. The van der Waals surface area contributed by atoms with Crippen LogP contribution in [0.25, 0.3) is 0 Å². The molecule has 1 aliphatic heterocycles. The first kappa shape index (κ1) is 11.5. The lowest BCUT2D eigenvalue weighted by Gasteiger charge is -2.33. The van der Waals surface area contributed by atoms with Gasteiger partial charge in [-0.15, -0.1) is 11.3 Å². The lowest BCUT2D eigenvalue weighted by molar-refractivity contribution is -0.138. The van der Waals surface area contributed by atoms with Crippen LogP contribution in [-0.2, 0) is 11.3 Å². The summed E-state index contributed by atoms with van der Waals surface area (Å²) in [5.74, 6) is -0.740. The second-order valence-corrected chi connectivity index (χ2v) is 4.88. The highest BCUT2D eigenvalue weighted by atomic mass is 32.1. The third kappa shape index (κ3) is 3.26. The van der Waals surface area contributed by atoms with Crippen molar-refractivity contribution in [2.75, 3.05) is 32.7 Å². The van der Waals surface area contributed by atoms with E-state index in [1.807, 2.05) is 16.6 Å². The molecule has 2 rings (SSSR count). The number of thiazole rings is 1. The van der Waals surface area contributed by atoms with Crippen LogP contribution in [0.5, 0.6) is 0 Å². The van der Waals surface area contributed by atoms with E-state index >= 15 is 0 Å². The molecule has 0 amide bonds. The third-order valence-corrected chi connectivity index (χ3v) is 3.45. The molecule has 16 heavy (non-hydrogen) atoms. The first-order valence-electron chi connectivity index (χ1n) is 5.28. The molecule has 1 aliphatic rings. The summed E-state index contributed by atoms with van der Waals surface area (Å²) < 4.78 is 0. The maximum absolute atomic E-state index is 10.5. The minimum Gasteiger partial charge on any atom is -0.480 e. The molecule has 5 nitrogen and oxygen atoms in total. The van der Waals surface area contributed by atoms with E-state index in [0.29, 0.717) is 0 Å². The van der Waals surface area contributed by atoms with Crippen LogP contribution in [0.15, 0.2) is 11.7 Å². The molecule has 0 atom stereocenters. The van der Waals surface area contributed by atoms with Crippen molar-refractivity contribution < 1.29 is 9.90 Å². The highest BCUT2D eigenvalue weighted by Crippen LogP contribution is 2.11. The molecule has 88 valence electrons. The molecule has 0 aromatic carbocycles.